The molecule has 0 spiro atoms. The largest absolute Gasteiger partial charge is 0.380 e. The molecule has 130 valence electrons. The Labute approximate surface area is 146 Å². The Morgan fingerprint density at radius 2 is 2.28 bits per heavy atom. The van der Waals surface area contributed by atoms with Gasteiger partial charge in [0.2, 0.25) is 0 Å². The molecule has 1 aliphatic rings. The molecule has 0 aliphatic carbocycles. The number of benzene rings is 1. The Hall–Kier alpha value is -2.51. The molecule has 1 aromatic carbocycles. The van der Waals surface area contributed by atoms with Crippen molar-refractivity contribution < 1.29 is 4.74 Å². The van der Waals surface area contributed by atoms with Gasteiger partial charge in [-0.05, 0) is 30.2 Å². The fourth-order valence-corrected chi connectivity index (χ4v) is 3.45. The van der Waals surface area contributed by atoms with Gasteiger partial charge in [-0.15, -0.1) is 0 Å². The van der Waals surface area contributed by atoms with Crippen LogP contribution < -0.4 is 10.2 Å². The van der Waals surface area contributed by atoms with E-state index in [1.807, 2.05) is 12.1 Å². The Kier molecular flexibility index (Phi) is 4.58. The second-order valence-electron chi connectivity index (χ2n) is 6.35. The van der Waals surface area contributed by atoms with Gasteiger partial charge in [-0.2, -0.15) is 0 Å². The lowest BCUT2D eigenvalue weighted by Gasteiger charge is -2.25. The molecule has 1 saturated heterocycles. The Morgan fingerprint density at radius 3 is 3.12 bits per heavy atom. The molecule has 7 heteroatoms. The molecule has 3 aromatic rings. The molecule has 0 bridgehead atoms. The van der Waals surface area contributed by atoms with Gasteiger partial charge in [0.15, 0.2) is 0 Å². The first kappa shape index (κ1) is 16.0. The van der Waals surface area contributed by atoms with Crippen molar-refractivity contribution in [1.82, 2.24) is 25.3 Å². The highest BCUT2D eigenvalue weighted by atomic mass is 16.5. The van der Waals surface area contributed by atoms with Crippen LogP contribution in [0.1, 0.15) is 12.0 Å². The summed E-state index contributed by atoms with van der Waals surface area (Å²) < 4.78 is 5.57. The minimum absolute atomic E-state index is 0.239. The van der Waals surface area contributed by atoms with E-state index in [1.54, 1.807) is 26.0 Å². The Morgan fingerprint density at radius 1 is 1.32 bits per heavy atom. The summed E-state index contributed by atoms with van der Waals surface area (Å²) in [4.78, 5) is 18.1. The topological polar surface area (TPSA) is 79.0 Å². The van der Waals surface area contributed by atoms with E-state index in [2.05, 4.69) is 42.3 Å². The van der Waals surface area contributed by atoms with E-state index in [4.69, 9.17) is 4.74 Å². The molecule has 4 rings (SSSR count). The van der Waals surface area contributed by atoms with Gasteiger partial charge in [-0.1, -0.05) is 6.07 Å². The van der Waals surface area contributed by atoms with E-state index >= 15 is 0 Å². The van der Waals surface area contributed by atoms with E-state index in [-0.39, 0.29) is 6.10 Å². The van der Waals surface area contributed by atoms with Gasteiger partial charge in [0.1, 0.15) is 12.1 Å². The van der Waals surface area contributed by atoms with Crippen molar-refractivity contribution in [2.24, 2.45) is 0 Å². The number of H-pyrrole nitrogens is 1. The molecule has 3 heterocycles. The number of aromatic nitrogens is 4. The highest BCUT2D eigenvalue weighted by Gasteiger charge is 2.32. The fraction of sp³-hybridized carbons (Fsp3) is 0.389. The van der Waals surface area contributed by atoms with Crippen LogP contribution in [0.4, 0.5) is 5.82 Å². The van der Waals surface area contributed by atoms with Gasteiger partial charge in [0, 0.05) is 39.0 Å². The van der Waals surface area contributed by atoms with Crippen molar-refractivity contribution in [2.45, 2.75) is 25.1 Å². The van der Waals surface area contributed by atoms with E-state index in [0.717, 1.165) is 42.9 Å². The predicted octanol–water partition coefficient (Wildman–Crippen LogP) is 1.74. The van der Waals surface area contributed by atoms with Gasteiger partial charge in [0.05, 0.1) is 23.5 Å². The molecule has 2 N–H and O–H groups in total. The van der Waals surface area contributed by atoms with Crippen molar-refractivity contribution in [3.05, 3.63) is 48.7 Å². The summed E-state index contributed by atoms with van der Waals surface area (Å²) in [6.45, 7) is 2.56. The number of ether oxygens (including phenoxy) is 1. The van der Waals surface area contributed by atoms with Crippen LogP contribution in [-0.4, -0.2) is 52.3 Å². The Balaban J connectivity index is 1.39. The summed E-state index contributed by atoms with van der Waals surface area (Å²) in [6, 6.07) is 8.62. The first-order chi connectivity index (χ1) is 12.3. The monoisotopic (exact) mass is 338 g/mol. The molecule has 25 heavy (non-hydrogen) atoms. The van der Waals surface area contributed by atoms with Crippen molar-refractivity contribution in [2.75, 3.05) is 25.1 Å². The van der Waals surface area contributed by atoms with Crippen LogP contribution in [-0.2, 0) is 11.3 Å². The zero-order valence-corrected chi connectivity index (χ0v) is 14.2. The van der Waals surface area contributed by atoms with Gasteiger partial charge >= 0.3 is 0 Å². The van der Waals surface area contributed by atoms with E-state index < -0.39 is 0 Å². The van der Waals surface area contributed by atoms with Crippen LogP contribution in [0.2, 0.25) is 0 Å². The zero-order chi connectivity index (χ0) is 17.1. The smallest absolute Gasteiger partial charge is 0.132 e. The SMILES string of the molecule is CO[C@@H]1C[C@H](CNCc2ccc3nc[nH]c3c2)N(c2ccncn2)C1. The van der Waals surface area contributed by atoms with Crippen molar-refractivity contribution >= 4 is 16.9 Å². The van der Waals surface area contributed by atoms with Crippen LogP contribution in [0.25, 0.3) is 11.0 Å². The molecule has 2 atom stereocenters. The minimum atomic E-state index is 0.239. The second-order valence-corrected chi connectivity index (χ2v) is 6.35. The summed E-state index contributed by atoms with van der Waals surface area (Å²) in [6.07, 6.45) is 6.34. The lowest BCUT2D eigenvalue weighted by atomic mass is 10.1. The van der Waals surface area contributed by atoms with Crippen LogP contribution in [0.5, 0.6) is 0 Å². The number of methoxy groups -OCH3 is 1. The highest BCUT2D eigenvalue weighted by molar-refractivity contribution is 5.74. The average Bonchev–Trinajstić information content (AvgIpc) is 3.28. The number of aromatic amines is 1. The quantitative estimate of drug-likeness (QED) is 0.713. The summed E-state index contributed by atoms with van der Waals surface area (Å²) in [5, 5.41) is 3.57. The zero-order valence-electron chi connectivity index (χ0n) is 14.2. The summed E-state index contributed by atoms with van der Waals surface area (Å²) >= 11 is 0. The minimum Gasteiger partial charge on any atom is -0.380 e. The molecular formula is C18H22N6O. The standard InChI is InChI=1S/C18H22N6O/c1-25-15-7-14(24(10-15)18-4-5-19-11-23-18)9-20-8-13-2-3-16-17(6-13)22-12-21-16/h2-6,11-12,14-15,20H,7-10H2,1H3,(H,21,22)/t14-,15-/m1/s1. The number of anilines is 1. The van der Waals surface area contributed by atoms with Gasteiger partial charge in [0.25, 0.3) is 0 Å². The molecule has 1 aliphatic heterocycles. The van der Waals surface area contributed by atoms with Gasteiger partial charge in [-0.3, -0.25) is 0 Å². The third-order valence-electron chi connectivity index (χ3n) is 4.76. The number of nitrogens with one attached hydrogen (secondary N) is 2. The first-order valence-corrected chi connectivity index (χ1v) is 8.51. The number of hydrogen-bond acceptors (Lipinski definition) is 6. The Bertz CT molecular complexity index is 821. The van der Waals surface area contributed by atoms with Crippen molar-refractivity contribution in [1.29, 1.82) is 0 Å². The van der Waals surface area contributed by atoms with E-state index in [9.17, 15) is 0 Å². The van der Waals surface area contributed by atoms with E-state index in [1.165, 1.54) is 5.56 Å². The van der Waals surface area contributed by atoms with E-state index in [0.29, 0.717) is 6.04 Å². The third kappa shape index (κ3) is 3.47. The molecule has 0 unspecified atom stereocenters. The molecule has 2 aromatic heterocycles. The molecule has 0 radical (unpaired) electrons. The van der Waals surface area contributed by atoms with Crippen molar-refractivity contribution in [3.8, 4) is 0 Å². The number of nitrogens with zero attached hydrogens (tertiary/aromatic N) is 4. The van der Waals surface area contributed by atoms with Crippen LogP contribution in [0.15, 0.2) is 43.1 Å². The summed E-state index contributed by atoms with van der Waals surface area (Å²) in [5.41, 5.74) is 3.31. The summed E-state index contributed by atoms with van der Waals surface area (Å²) in [5.74, 6) is 0.959. The lowest BCUT2D eigenvalue weighted by molar-refractivity contribution is 0.118. The van der Waals surface area contributed by atoms with Crippen LogP contribution >= 0.6 is 0 Å². The number of imidazole rings is 1. The predicted molar refractivity (Wildman–Crippen MR) is 96.4 cm³/mol. The normalized spacial score (nSPS) is 20.4. The number of rotatable bonds is 6. The van der Waals surface area contributed by atoms with Gasteiger partial charge < -0.3 is 19.9 Å². The average molecular weight is 338 g/mol. The molecule has 1 fully saturated rings. The number of hydrogen-bond donors (Lipinski definition) is 2. The maximum atomic E-state index is 5.57. The molecule has 0 saturated carbocycles. The van der Waals surface area contributed by atoms with Crippen LogP contribution in [0, 0.1) is 0 Å². The first-order valence-electron chi connectivity index (χ1n) is 8.51. The number of fused-ring (bicyclic) bond motifs is 1. The molecule has 0 amide bonds. The fourth-order valence-electron chi connectivity index (χ4n) is 3.45. The maximum Gasteiger partial charge on any atom is 0.132 e. The second kappa shape index (κ2) is 7.16. The van der Waals surface area contributed by atoms with Gasteiger partial charge in [-0.25, -0.2) is 15.0 Å². The lowest BCUT2D eigenvalue weighted by Crippen LogP contribution is -2.38. The third-order valence-corrected chi connectivity index (χ3v) is 4.76. The molecule has 7 nitrogen and oxygen atoms in total. The van der Waals surface area contributed by atoms with Crippen molar-refractivity contribution in [3.63, 3.8) is 0 Å². The highest BCUT2D eigenvalue weighted by Crippen LogP contribution is 2.24. The maximum absolute atomic E-state index is 5.57. The summed E-state index contributed by atoms with van der Waals surface area (Å²) in [7, 11) is 1.78. The molecular weight excluding hydrogens is 316 g/mol. The van der Waals surface area contributed by atoms with Crippen LogP contribution in [0.3, 0.4) is 0 Å².